The third kappa shape index (κ3) is 4.08. The molecule has 1 N–H and O–H groups in total. The van der Waals surface area contributed by atoms with Crippen LogP contribution in [-0.2, 0) is 13.1 Å². The monoisotopic (exact) mass is 366 g/mol. The molecule has 1 saturated heterocycles. The van der Waals surface area contributed by atoms with Crippen molar-refractivity contribution in [2.45, 2.75) is 32.9 Å². The summed E-state index contributed by atoms with van der Waals surface area (Å²) in [5, 5.41) is 3.04. The van der Waals surface area contributed by atoms with Crippen molar-refractivity contribution in [3.8, 4) is 11.5 Å². The average molecular weight is 366 g/mol. The molecule has 142 valence electrons. The van der Waals surface area contributed by atoms with Gasteiger partial charge in [-0.2, -0.15) is 0 Å². The van der Waals surface area contributed by atoms with Gasteiger partial charge in [-0.1, -0.05) is 37.3 Å². The number of nitrogens with zero attached hydrogens (tertiary/aromatic N) is 1. The van der Waals surface area contributed by atoms with Crippen molar-refractivity contribution in [3.63, 3.8) is 0 Å². The van der Waals surface area contributed by atoms with Crippen LogP contribution >= 0.6 is 0 Å². The molecular weight excluding hydrogens is 340 g/mol. The van der Waals surface area contributed by atoms with Crippen molar-refractivity contribution in [2.75, 3.05) is 19.9 Å². The Morgan fingerprint density at radius 2 is 2.00 bits per heavy atom. The van der Waals surface area contributed by atoms with Gasteiger partial charge in [0.25, 0.3) is 5.91 Å². The minimum absolute atomic E-state index is 0.140. The molecule has 1 atom stereocenters. The van der Waals surface area contributed by atoms with E-state index in [1.165, 1.54) is 18.4 Å². The van der Waals surface area contributed by atoms with Crippen molar-refractivity contribution >= 4 is 5.91 Å². The van der Waals surface area contributed by atoms with Crippen molar-refractivity contribution in [1.82, 2.24) is 10.2 Å². The highest BCUT2D eigenvalue weighted by Crippen LogP contribution is 2.35. The van der Waals surface area contributed by atoms with Gasteiger partial charge in [0, 0.05) is 19.6 Å². The lowest BCUT2D eigenvalue weighted by molar-refractivity contribution is 0.0946. The SMILES string of the molecule is CC1CCCN(Cc2ccccc2CNC(=O)c2cccc3c2OCO3)C1. The van der Waals surface area contributed by atoms with Crippen LogP contribution in [0.5, 0.6) is 11.5 Å². The van der Waals surface area contributed by atoms with Gasteiger partial charge in [-0.15, -0.1) is 0 Å². The summed E-state index contributed by atoms with van der Waals surface area (Å²) in [7, 11) is 0. The van der Waals surface area contributed by atoms with E-state index in [9.17, 15) is 4.79 Å². The number of hydrogen-bond donors (Lipinski definition) is 1. The number of nitrogens with one attached hydrogen (secondary N) is 1. The fourth-order valence-electron chi connectivity index (χ4n) is 3.94. The van der Waals surface area contributed by atoms with E-state index in [2.05, 4.69) is 35.3 Å². The van der Waals surface area contributed by atoms with Gasteiger partial charge in [0.1, 0.15) is 0 Å². The minimum Gasteiger partial charge on any atom is -0.454 e. The standard InChI is InChI=1S/C22H26N2O3/c1-16-6-5-11-24(13-16)14-18-8-3-2-7-17(18)12-23-22(25)19-9-4-10-20-21(19)27-15-26-20/h2-4,7-10,16H,5-6,11-15H2,1H3,(H,23,25). The second kappa shape index (κ2) is 8.01. The van der Waals surface area contributed by atoms with E-state index in [1.54, 1.807) is 6.07 Å². The number of piperidine rings is 1. The molecule has 0 bridgehead atoms. The summed E-state index contributed by atoms with van der Waals surface area (Å²) in [5.74, 6) is 1.78. The predicted molar refractivity (Wildman–Crippen MR) is 104 cm³/mol. The zero-order valence-corrected chi connectivity index (χ0v) is 15.7. The summed E-state index contributed by atoms with van der Waals surface area (Å²) in [6, 6.07) is 13.8. The molecule has 2 aliphatic rings. The molecular formula is C22H26N2O3. The molecule has 1 amide bonds. The molecule has 0 spiro atoms. The number of ether oxygens (including phenoxy) is 2. The first-order valence-electron chi connectivity index (χ1n) is 9.66. The number of rotatable bonds is 5. The van der Waals surface area contributed by atoms with E-state index in [0.29, 0.717) is 23.6 Å². The molecule has 0 saturated carbocycles. The van der Waals surface area contributed by atoms with E-state index in [-0.39, 0.29) is 12.7 Å². The van der Waals surface area contributed by atoms with Crippen molar-refractivity contribution in [1.29, 1.82) is 0 Å². The van der Waals surface area contributed by atoms with Crippen molar-refractivity contribution in [2.24, 2.45) is 5.92 Å². The van der Waals surface area contributed by atoms with Gasteiger partial charge in [-0.3, -0.25) is 9.69 Å². The van der Waals surface area contributed by atoms with Gasteiger partial charge >= 0.3 is 0 Å². The first-order chi connectivity index (χ1) is 13.2. The lowest BCUT2D eigenvalue weighted by Gasteiger charge is -2.31. The maximum Gasteiger partial charge on any atom is 0.255 e. The van der Waals surface area contributed by atoms with Crippen LogP contribution in [0.3, 0.4) is 0 Å². The van der Waals surface area contributed by atoms with Crippen molar-refractivity contribution < 1.29 is 14.3 Å². The zero-order chi connectivity index (χ0) is 18.6. The predicted octanol–water partition coefficient (Wildman–Crippen LogP) is 3.58. The van der Waals surface area contributed by atoms with Crippen LogP contribution in [0, 0.1) is 5.92 Å². The fourth-order valence-corrected chi connectivity index (χ4v) is 3.94. The Bertz CT molecular complexity index is 821. The zero-order valence-electron chi connectivity index (χ0n) is 15.7. The number of carbonyl (C=O) groups is 1. The Labute approximate surface area is 160 Å². The largest absolute Gasteiger partial charge is 0.454 e. The van der Waals surface area contributed by atoms with Gasteiger partial charge < -0.3 is 14.8 Å². The molecule has 27 heavy (non-hydrogen) atoms. The highest BCUT2D eigenvalue weighted by atomic mass is 16.7. The topological polar surface area (TPSA) is 50.8 Å². The number of amides is 1. The number of likely N-dealkylation sites (tertiary alicyclic amines) is 1. The Morgan fingerprint density at radius 3 is 2.85 bits per heavy atom. The number of benzene rings is 2. The second-order valence-electron chi connectivity index (χ2n) is 7.47. The molecule has 0 aromatic heterocycles. The van der Waals surface area contributed by atoms with Crippen LogP contribution in [0.4, 0.5) is 0 Å². The maximum atomic E-state index is 12.7. The van der Waals surface area contributed by atoms with E-state index in [1.807, 2.05) is 18.2 Å². The molecule has 2 aromatic carbocycles. The third-order valence-electron chi connectivity index (χ3n) is 5.33. The van der Waals surface area contributed by atoms with E-state index < -0.39 is 0 Å². The normalized spacial score (nSPS) is 19.1. The van der Waals surface area contributed by atoms with Crippen LogP contribution in [0.25, 0.3) is 0 Å². The van der Waals surface area contributed by atoms with E-state index in [4.69, 9.17) is 9.47 Å². The minimum atomic E-state index is -0.140. The summed E-state index contributed by atoms with van der Waals surface area (Å²) >= 11 is 0. The van der Waals surface area contributed by atoms with Gasteiger partial charge in [-0.05, 0) is 48.6 Å². The molecule has 5 heteroatoms. The summed E-state index contributed by atoms with van der Waals surface area (Å²) < 4.78 is 10.8. The fraction of sp³-hybridized carbons (Fsp3) is 0.409. The molecule has 0 aliphatic carbocycles. The molecule has 0 radical (unpaired) electrons. The van der Waals surface area contributed by atoms with Crippen LogP contribution in [-0.4, -0.2) is 30.7 Å². The number of hydrogen-bond acceptors (Lipinski definition) is 4. The molecule has 1 unspecified atom stereocenters. The average Bonchev–Trinajstić information content (AvgIpc) is 3.16. The third-order valence-corrected chi connectivity index (χ3v) is 5.33. The lowest BCUT2D eigenvalue weighted by atomic mass is 9.99. The molecule has 2 heterocycles. The number of fused-ring (bicyclic) bond motifs is 1. The Hall–Kier alpha value is -2.53. The highest BCUT2D eigenvalue weighted by molar-refractivity contribution is 5.97. The molecule has 2 aliphatic heterocycles. The summed E-state index contributed by atoms with van der Waals surface area (Å²) in [5.41, 5.74) is 2.96. The van der Waals surface area contributed by atoms with E-state index >= 15 is 0 Å². The van der Waals surface area contributed by atoms with Gasteiger partial charge in [-0.25, -0.2) is 0 Å². The lowest BCUT2D eigenvalue weighted by Crippen LogP contribution is -2.34. The Balaban J connectivity index is 1.43. The van der Waals surface area contributed by atoms with Gasteiger partial charge in [0.05, 0.1) is 5.56 Å². The number of carbonyl (C=O) groups excluding carboxylic acids is 1. The van der Waals surface area contributed by atoms with Gasteiger partial charge in [0.15, 0.2) is 11.5 Å². The maximum absolute atomic E-state index is 12.7. The van der Waals surface area contributed by atoms with Crippen LogP contribution < -0.4 is 14.8 Å². The quantitative estimate of drug-likeness (QED) is 0.879. The second-order valence-corrected chi connectivity index (χ2v) is 7.47. The first-order valence-corrected chi connectivity index (χ1v) is 9.66. The molecule has 4 rings (SSSR count). The Morgan fingerprint density at radius 1 is 1.15 bits per heavy atom. The van der Waals surface area contributed by atoms with Gasteiger partial charge in [0.2, 0.25) is 6.79 Å². The Kier molecular flexibility index (Phi) is 5.30. The summed E-state index contributed by atoms with van der Waals surface area (Å²) in [4.78, 5) is 15.2. The summed E-state index contributed by atoms with van der Waals surface area (Å²) in [6.07, 6.45) is 2.59. The molecule has 2 aromatic rings. The highest BCUT2D eigenvalue weighted by Gasteiger charge is 2.22. The number of para-hydroxylation sites is 1. The van der Waals surface area contributed by atoms with Crippen LogP contribution in [0.2, 0.25) is 0 Å². The molecule has 1 fully saturated rings. The first kappa shape index (κ1) is 17.9. The van der Waals surface area contributed by atoms with Crippen LogP contribution in [0.15, 0.2) is 42.5 Å². The van der Waals surface area contributed by atoms with Crippen molar-refractivity contribution in [3.05, 3.63) is 59.2 Å². The van der Waals surface area contributed by atoms with E-state index in [0.717, 1.165) is 31.1 Å². The molecule has 5 nitrogen and oxygen atoms in total. The smallest absolute Gasteiger partial charge is 0.255 e. The summed E-state index contributed by atoms with van der Waals surface area (Å²) in [6.45, 7) is 6.23. The van der Waals surface area contributed by atoms with Crippen LogP contribution in [0.1, 0.15) is 41.3 Å².